The molecule has 0 bridgehead atoms. The molecule has 0 atom stereocenters. The maximum absolute atomic E-state index is 10.2. The third-order valence-electron chi connectivity index (χ3n) is 1.59. The molecule has 0 fully saturated rings. The number of nitrogens with two attached hydrogens (primary N) is 2. The molecule has 13 heavy (non-hydrogen) atoms. The largest absolute Gasteiger partial charge is 0.449 e. The zero-order valence-electron chi connectivity index (χ0n) is 7.19. The van der Waals surface area contributed by atoms with Crippen LogP contribution in [0, 0.1) is 0 Å². The first kappa shape index (κ1) is 9.38. The molecule has 1 aromatic rings. The molecule has 0 saturated carbocycles. The van der Waals surface area contributed by atoms with E-state index >= 15 is 0 Å². The van der Waals surface area contributed by atoms with E-state index in [0.29, 0.717) is 18.7 Å². The van der Waals surface area contributed by atoms with Crippen LogP contribution in [0.1, 0.15) is 5.56 Å². The van der Waals surface area contributed by atoms with E-state index in [1.54, 1.807) is 6.07 Å². The standard InChI is InChI=1S/C9H12N2O2/c10-8-3-1-2-7(6-8)4-5-13-9(11)12/h1-3,6H,4-5,10H2,(H2,11,12). The van der Waals surface area contributed by atoms with E-state index in [9.17, 15) is 4.79 Å². The van der Waals surface area contributed by atoms with Gasteiger partial charge in [0.15, 0.2) is 0 Å². The summed E-state index contributed by atoms with van der Waals surface area (Å²) in [5, 5.41) is 0. The van der Waals surface area contributed by atoms with Crippen LogP contribution >= 0.6 is 0 Å². The highest BCUT2D eigenvalue weighted by Gasteiger charge is 1.96. The lowest BCUT2D eigenvalue weighted by atomic mass is 10.1. The van der Waals surface area contributed by atoms with E-state index in [0.717, 1.165) is 5.56 Å². The van der Waals surface area contributed by atoms with Gasteiger partial charge in [-0.3, -0.25) is 0 Å². The first-order chi connectivity index (χ1) is 6.18. The van der Waals surface area contributed by atoms with E-state index in [1.165, 1.54) is 0 Å². The number of hydrogen-bond donors (Lipinski definition) is 2. The van der Waals surface area contributed by atoms with Crippen molar-refractivity contribution in [2.45, 2.75) is 6.42 Å². The number of primary amides is 1. The lowest BCUT2D eigenvalue weighted by Gasteiger charge is -2.02. The summed E-state index contributed by atoms with van der Waals surface area (Å²) in [7, 11) is 0. The molecule has 0 aliphatic carbocycles. The van der Waals surface area contributed by atoms with Crippen molar-refractivity contribution >= 4 is 11.8 Å². The highest BCUT2D eigenvalue weighted by Crippen LogP contribution is 2.06. The van der Waals surface area contributed by atoms with Crippen molar-refractivity contribution in [3.05, 3.63) is 29.8 Å². The molecule has 0 saturated heterocycles. The molecular weight excluding hydrogens is 168 g/mol. The molecule has 0 radical (unpaired) electrons. The number of rotatable bonds is 3. The molecule has 0 aromatic heterocycles. The Labute approximate surface area is 76.5 Å². The molecule has 1 rings (SSSR count). The van der Waals surface area contributed by atoms with Crippen molar-refractivity contribution < 1.29 is 9.53 Å². The first-order valence-corrected chi connectivity index (χ1v) is 3.95. The fourth-order valence-corrected chi connectivity index (χ4v) is 1.02. The van der Waals surface area contributed by atoms with Gasteiger partial charge < -0.3 is 16.2 Å². The second kappa shape index (κ2) is 4.35. The summed E-state index contributed by atoms with van der Waals surface area (Å²) >= 11 is 0. The van der Waals surface area contributed by atoms with Crippen LogP contribution in [-0.4, -0.2) is 12.7 Å². The Morgan fingerprint density at radius 1 is 1.46 bits per heavy atom. The predicted molar refractivity (Wildman–Crippen MR) is 50.1 cm³/mol. The summed E-state index contributed by atoms with van der Waals surface area (Å²) in [6.45, 7) is 0.290. The van der Waals surface area contributed by atoms with Gasteiger partial charge in [-0.05, 0) is 17.7 Å². The molecule has 0 aliphatic rings. The van der Waals surface area contributed by atoms with Crippen LogP contribution in [0.15, 0.2) is 24.3 Å². The van der Waals surface area contributed by atoms with Gasteiger partial charge in [0.25, 0.3) is 0 Å². The van der Waals surface area contributed by atoms with Crippen LogP contribution in [0.2, 0.25) is 0 Å². The van der Waals surface area contributed by atoms with Crippen LogP contribution in [0.4, 0.5) is 10.5 Å². The van der Waals surface area contributed by atoms with Crippen molar-refractivity contribution in [1.82, 2.24) is 0 Å². The van der Waals surface area contributed by atoms with E-state index in [4.69, 9.17) is 11.5 Å². The molecule has 70 valence electrons. The molecule has 1 amide bonds. The van der Waals surface area contributed by atoms with Crippen LogP contribution in [0.25, 0.3) is 0 Å². The summed E-state index contributed by atoms with van der Waals surface area (Å²) in [6, 6.07) is 7.42. The lowest BCUT2D eigenvalue weighted by Crippen LogP contribution is -2.14. The van der Waals surface area contributed by atoms with E-state index in [2.05, 4.69) is 4.74 Å². The maximum atomic E-state index is 10.2. The van der Waals surface area contributed by atoms with Gasteiger partial charge in [0.1, 0.15) is 0 Å². The van der Waals surface area contributed by atoms with E-state index < -0.39 is 6.09 Å². The van der Waals surface area contributed by atoms with Gasteiger partial charge in [-0.25, -0.2) is 4.79 Å². The number of hydrogen-bond acceptors (Lipinski definition) is 3. The average Bonchev–Trinajstić information content (AvgIpc) is 2.03. The van der Waals surface area contributed by atoms with Crippen molar-refractivity contribution in [3.8, 4) is 0 Å². The Hall–Kier alpha value is -1.71. The van der Waals surface area contributed by atoms with Gasteiger partial charge in [-0.15, -0.1) is 0 Å². The summed E-state index contributed by atoms with van der Waals surface area (Å²) in [6.07, 6.45) is -0.113. The average molecular weight is 180 g/mol. The zero-order valence-corrected chi connectivity index (χ0v) is 7.19. The van der Waals surface area contributed by atoms with Gasteiger partial charge in [-0.1, -0.05) is 12.1 Å². The minimum atomic E-state index is -0.746. The Bertz CT molecular complexity index is 299. The van der Waals surface area contributed by atoms with Gasteiger partial charge in [0.2, 0.25) is 0 Å². The highest BCUT2D eigenvalue weighted by atomic mass is 16.5. The predicted octanol–water partition coefficient (Wildman–Crippen LogP) is 0.907. The maximum Gasteiger partial charge on any atom is 0.404 e. The number of benzene rings is 1. The topological polar surface area (TPSA) is 78.3 Å². The van der Waals surface area contributed by atoms with Gasteiger partial charge in [-0.2, -0.15) is 0 Å². The summed E-state index contributed by atoms with van der Waals surface area (Å²) < 4.78 is 4.58. The van der Waals surface area contributed by atoms with E-state index in [1.807, 2.05) is 18.2 Å². The Balaban J connectivity index is 2.41. The smallest absolute Gasteiger partial charge is 0.404 e. The van der Waals surface area contributed by atoms with Crippen LogP contribution in [-0.2, 0) is 11.2 Å². The summed E-state index contributed by atoms with van der Waals surface area (Å²) in [5.41, 5.74) is 12.1. The minimum Gasteiger partial charge on any atom is -0.449 e. The Morgan fingerprint density at radius 2 is 2.23 bits per heavy atom. The summed E-state index contributed by atoms with van der Waals surface area (Å²) in [5.74, 6) is 0. The fourth-order valence-electron chi connectivity index (χ4n) is 1.02. The summed E-state index contributed by atoms with van der Waals surface area (Å²) in [4.78, 5) is 10.2. The minimum absolute atomic E-state index is 0.290. The first-order valence-electron chi connectivity index (χ1n) is 3.95. The molecule has 0 spiro atoms. The molecular formula is C9H12N2O2. The van der Waals surface area contributed by atoms with Gasteiger partial charge in [0, 0.05) is 12.1 Å². The molecule has 4 N–H and O–H groups in total. The fraction of sp³-hybridized carbons (Fsp3) is 0.222. The lowest BCUT2D eigenvalue weighted by molar-refractivity contribution is 0.158. The van der Waals surface area contributed by atoms with Crippen molar-refractivity contribution in [3.63, 3.8) is 0 Å². The second-order valence-electron chi connectivity index (χ2n) is 2.66. The van der Waals surface area contributed by atoms with Gasteiger partial charge >= 0.3 is 6.09 Å². The monoisotopic (exact) mass is 180 g/mol. The number of nitrogen functional groups attached to an aromatic ring is 1. The molecule has 0 unspecified atom stereocenters. The Kier molecular flexibility index (Phi) is 3.14. The molecule has 4 heteroatoms. The molecule has 0 aliphatic heterocycles. The molecule has 1 aromatic carbocycles. The van der Waals surface area contributed by atoms with Crippen LogP contribution in [0.5, 0.6) is 0 Å². The molecule has 0 heterocycles. The third-order valence-corrected chi connectivity index (χ3v) is 1.59. The van der Waals surface area contributed by atoms with Crippen molar-refractivity contribution in [2.75, 3.05) is 12.3 Å². The SMILES string of the molecule is NC(=O)OCCc1cccc(N)c1. The number of amides is 1. The van der Waals surface area contributed by atoms with Crippen molar-refractivity contribution in [1.29, 1.82) is 0 Å². The Morgan fingerprint density at radius 3 is 2.85 bits per heavy atom. The quantitative estimate of drug-likeness (QED) is 0.678. The molecule has 4 nitrogen and oxygen atoms in total. The third kappa shape index (κ3) is 3.46. The van der Waals surface area contributed by atoms with Crippen LogP contribution in [0.3, 0.4) is 0 Å². The number of ether oxygens (including phenoxy) is 1. The van der Waals surface area contributed by atoms with E-state index in [-0.39, 0.29) is 0 Å². The van der Waals surface area contributed by atoms with Crippen molar-refractivity contribution in [2.24, 2.45) is 5.73 Å². The zero-order chi connectivity index (χ0) is 9.68. The number of anilines is 1. The highest BCUT2D eigenvalue weighted by molar-refractivity contribution is 5.64. The second-order valence-corrected chi connectivity index (χ2v) is 2.66. The number of carbonyl (C=O) groups is 1. The van der Waals surface area contributed by atoms with Crippen LogP contribution < -0.4 is 11.5 Å². The normalized spacial score (nSPS) is 9.54. The van der Waals surface area contributed by atoms with Gasteiger partial charge in [0.05, 0.1) is 6.61 Å². The number of carbonyl (C=O) groups excluding carboxylic acids is 1.